The number of aromatic amines is 3. The van der Waals surface area contributed by atoms with Crippen molar-refractivity contribution in [3.63, 3.8) is 0 Å². The number of rotatable bonds is 2. The van der Waals surface area contributed by atoms with Crippen LogP contribution in [-0.4, -0.2) is 56.1 Å². The number of hydrogen-bond acceptors (Lipinski definition) is 7. The standard InChI is InChI=1S/C19H18B2N4O6/c1-19(2,3)16-6(22-5-23-16)4-7-17(30)25-11(18(31)24-7)13(27)8-12(26)9(20)10(21)15(29)14(8)28/h4-5,26-29H,1-3H3,(H,22,23)(H,24,31)(H,25,30)/b7-4-,13-11+. The zero-order valence-corrected chi connectivity index (χ0v) is 16.9. The third kappa shape index (κ3) is 3.72. The molecule has 156 valence electrons. The van der Waals surface area contributed by atoms with Crippen LogP contribution < -0.4 is 32.7 Å². The van der Waals surface area contributed by atoms with E-state index in [1.807, 2.05) is 20.8 Å². The molecule has 3 aromatic rings. The van der Waals surface area contributed by atoms with Crippen molar-refractivity contribution in [3.8, 4) is 17.2 Å². The van der Waals surface area contributed by atoms with Gasteiger partial charge in [-0.25, -0.2) is 4.98 Å². The Balaban J connectivity index is 2.31. The van der Waals surface area contributed by atoms with E-state index in [4.69, 9.17) is 15.7 Å². The van der Waals surface area contributed by atoms with Gasteiger partial charge in [0.05, 0.1) is 12.0 Å². The number of phenolic OH excluding ortho intramolecular Hbond substituents is 3. The zero-order valence-electron chi connectivity index (χ0n) is 16.9. The molecule has 0 unspecified atom stereocenters. The molecule has 0 saturated carbocycles. The number of phenols is 3. The number of hydrogen-bond donors (Lipinski definition) is 7. The summed E-state index contributed by atoms with van der Waals surface area (Å²) in [7, 11) is 11.0. The average molecular weight is 420 g/mol. The van der Waals surface area contributed by atoms with E-state index < -0.39 is 56.0 Å². The van der Waals surface area contributed by atoms with E-state index in [2.05, 4.69) is 19.9 Å². The van der Waals surface area contributed by atoms with Crippen molar-refractivity contribution >= 4 is 38.5 Å². The third-order valence-corrected chi connectivity index (χ3v) is 4.63. The second kappa shape index (κ2) is 7.46. The van der Waals surface area contributed by atoms with Gasteiger partial charge in [-0.1, -0.05) is 31.7 Å². The first-order chi connectivity index (χ1) is 14.3. The minimum atomic E-state index is -1.03. The largest absolute Gasteiger partial charge is 0.508 e. The van der Waals surface area contributed by atoms with Crippen LogP contribution >= 0.6 is 0 Å². The minimum absolute atomic E-state index is 0.146. The molecular weight excluding hydrogens is 402 g/mol. The molecular formula is C19H18B2N4O6. The van der Waals surface area contributed by atoms with Gasteiger partial charge in [-0.05, 0) is 6.08 Å². The van der Waals surface area contributed by atoms with Crippen LogP contribution in [-0.2, 0) is 5.41 Å². The average Bonchev–Trinajstić information content (AvgIpc) is 3.16. The second-order valence-electron chi connectivity index (χ2n) is 7.85. The number of benzene rings is 1. The number of aromatic hydroxyl groups is 3. The number of aromatic nitrogens is 4. The van der Waals surface area contributed by atoms with Crippen molar-refractivity contribution in [3.05, 3.63) is 54.7 Å². The summed E-state index contributed by atoms with van der Waals surface area (Å²) in [6.07, 6.45) is 2.82. The number of H-pyrrole nitrogens is 3. The van der Waals surface area contributed by atoms with Gasteiger partial charge in [0, 0.05) is 11.1 Å². The third-order valence-electron chi connectivity index (χ3n) is 4.63. The highest BCUT2D eigenvalue weighted by molar-refractivity contribution is 6.51. The molecule has 12 heteroatoms. The molecule has 0 bridgehead atoms. The molecule has 0 fully saturated rings. The maximum absolute atomic E-state index is 12.5. The van der Waals surface area contributed by atoms with Crippen LogP contribution in [0, 0.1) is 0 Å². The van der Waals surface area contributed by atoms with Gasteiger partial charge in [0.25, 0.3) is 11.1 Å². The molecule has 1 aromatic carbocycles. The number of nitrogens with zero attached hydrogens (tertiary/aromatic N) is 1. The van der Waals surface area contributed by atoms with E-state index in [0.29, 0.717) is 5.69 Å². The molecule has 2 heterocycles. The fraction of sp³-hybridized carbons (Fsp3) is 0.211. The van der Waals surface area contributed by atoms with E-state index >= 15 is 0 Å². The van der Waals surface area contributed by atoms with Crippen molar-refractivity contribution in [1.82, 2.24) is 19.9 Å². The summed E-state index contributed by atoms with van der Waals surface area (Å²) in [4.78, 5) is 36.7. The molecule has 0 aliphatic carbocycles. The predicted octanol–water partition coefficient (Wildman–Crippen LogP) is -2.67. The molecule has 2 aromatic heterocycles. The quantitative estimate of drug-likeness (QED) is 0.134. The first-order valence-electron chi connectivity index (χ1n) is 8.98. The van der Waals surface area contributed by atoms with Gasteiger partial charge in [-0.3, -0.25) is 9.59 Å². The monoisotopic (exact) mass is 420 g/mol. The van der Waals surface area contributed by atoms with E-state index in [9.17, 15) is 30.0 Å². The summed E-state index contributed by atoms with van der Waals surface area (Å²) in [6.45, 7) is 5.81. The van der Waals surface area contributed by atoms with Crippen molar-refractivity contribution in [2.24, 2.45) is 0 Å². The molecule has 0 aliphatic heterocycles. The smallest absolute Gasteiger partial charge is 0.276 e. The van der Waals surface area contributed by atoms with Crippen LogP contribution in [0.25, 0.3) is 11.8 Å². The Morgan fingerprint density at radius 2 is 1.61 bits per heavy atom. The summed E-state index contributed by atoms with van der Waals surface area (Å²) in [5.74, 6) is -3.85. The lowest BCUT2D eigenvalue weighted by molar-refractivity contribution is 0.392. The summed E-state index contributed by atoms with van der Waals surface area (Å²) >= 11 is 0. The molecule has 0 atom stereocenters. The van der Waals surface area contributed by atoms with E-state index in [0.717, 1.165) is 5.69 Å². The number of aliphatic hydroxyl groups excluding tert-OH is 1. The maximum atomic E-state index is 12.5. The lowest BCUT2D eigenvalue weighted by atomic mass is 9.77. The van der Waals surface area contributed by atoms with Crippen molar-refractivity contribution in [1.29, 1.82) is 0 Å². The fourth-order valence-corrected chi connectivity index (χ4v) is 3.00. The molecule has 0 amide bonds. The number of nitrogens with one attached hydrogen (secondary N) is 3. The van der Waals surface area contributed by atoms with Gasteiger partial charge >= 0.3 is 0 Å². The van der Waals surface area contributed by atoms with E-state index in [1.165, 1.54) is 12.4 Å². The van der Waals surface area contributed by atoms with E-state index in [1.54, 1.807) is 0 Å². The van der Waals surface area contributed by atoms with E-state index in [-0.39, 0.29) is 10.8 Å². The van der Waals surface area contributed by atoms with Crippen LogP contribution in [0.4, 0.5) is 0 Å². The highest BCUT2D eigenvalue weighted by atomic mass is 16.3. The summed E-state index contributed by atoms with van der Waals surface area (Å²) in [6, 6.07) is 0. The highest BCUT2D eigenvalue weighted by Gasteiger charge is 2.23. The van der Waals surface area contributed by atoms with Gasteiger partial charge in [-0.15, -0.1) is 0 Å². The van der Waals surface area contributed by atoms with Crippen LogP contribution in [0.5, 0.6) is 17.2 Å². The first-order valence-corrected chi connectivity index (χ1v) is 8.98. The Labute approximate surface area is 177 Å². The Hall–Kier alpha value is -3.82. The van der Waals surface area contributed by atoms with Crippen LogP contribution in [0.2, 0.25) is 0 Å². The van der Waals surface area contributed by atoms with Crippen molar-refractivity contribution < 1.29 is 20.4 Å². The minimum Gasteiger partial charge on any atom is -0.508 e. The van der Waals surface area contributed by atoms with Crippen LogP contribution in [0.15, 0.2) is 15.9 Å². The molecule has 4 radical (unpaired) electrons. The van der Waals surface area contributed by atoms with Crippen LogP contribution in [0.3, 0.4) is 0 Å². The highest BCUT2D eigenvalue weighted by Crippen LogP contribution is 2.34. The molecule has 0 aliphatic rings. The zero-order chi connectivity index (χ0) is 23.2. The normalized spacial score (nSPS) is 13.5. The molecule has 3 rings (SSSR count). The van der Waals surface area contributed by atoms with Gasteiger partial charge in [-0.2, -0.15) is 0 Å². The Morgan fingerprint density at radius 1 is 1.00 bits per heavy atom. The Bertz CT molecular complexity index is 1400. The lowest BCUT2D eigenvalue weighted by Crippen LogP contribution is -2.48. The number of aliphatic hydroxyl groups is 1. The lowest BCUT2D eigenvalue weighted by Gasteiger charge is -2.16. The SMILES string of the molecule is [B]c1c([B])c(O)c(/C(O)=c2\[nH]c(=O)/c(=C/c3nc[nH]c3C(C)(C)C)[nH]c2=O)c(O)c1O. The second-order valence-corrected chi connectivity index (χ2v) is 7.85. The molecule has 7 N–H and O–H groups in total. The Kier molecular flexibility index (Phi) is 5.26. The first kappa shape index (κ1) is 21.9. The molecule has 10 nitrogen and oxygen atoms in total. The van der Waals surface area contributed by atoms with Crippen LogP contribution in [0.1, 0.15) is 37.7 Å². The summed E-state index contributed by atoms with van der Waals surface area (Å²) in [5.41, 5.74) is -2.73. The summed E-state index contributed by atoms with van der Waals surface area (Å²) < 4.78 is 0. The predicted molar refractivity (Wildman–Crippen MR) is 115 cm³/mol. The molecule has 0 spiro atoms. The fourth-order valence-electron chi connectivity index (χ4n) is 3.00. The maximum Gasteiger partial charge on any atom is 0.276 e. The van der Waals surface area contributed by atoms with Gasteiger partial charge in [0.1, 0.15) is 32.4 Å². The Morgan fingerprint density at radius 3 is 2.23 bits per heavy atom. The van der Waals surface area contributed by atoms with Crippen molar-refractivity contribution in [2.75, 3.05) is 0 Å². The van der Waals surface area contributed by atoms with Gasteiger partial charge in [0.15, 0.2) is 22.6 Å². The molecule has 0 saturated heterocycles. The van der Waals surface area contributed by atoms with Gasteiger partial charge < -0.3 is 35.4 Å². The molecule has 31 heavy (non-hydrogen) atoms. The van der Waals surface area contributed by atoms with Gasteiger partial charge in [0.2, 0.25) is 0 Å². The van der Waals surface area contributed by atoms with Crippen molar-refractivity contribution in [2.45, 2.75) is 26.2 Å². The topological polar surface area (TPSA) is 175 Å². The summed E-state index contributed by atoms with van der Waals surface area (Å²) in [5, 5.41) is 39.7. The number of imidazole rings is 1.